The summed E-state index contributed by atoms with van der Waals surface area (Å²) in [5.74, 6) is 0.0224. The monoisotopic (exact) mass is 178 g/mol. The summed E-state index contributed by atoms with van der Waals surface area (Å²) in [6.07, 6.45) is 0.421. The standard InChI is InChI=1S/C10H14N2O/c1-12-10(13)6-8-3-2-4-9(5-8)7-11/h2-5H,6-7,11H2,1H3,(H,12,13). The molecule has 1 rings (SSSR count). The quantitative estimate of drug-likeness (QED) is 0.705. The third-order valence-electron chi connectivity index (χ3n) is 1.87. The lowest BCUT2D eigenvalue weighted by molar-refractivity contribution is -0.119. The van der Waals surface area contributed by atoms with Crippen molar-refractivity contribution in [1.82, 2.24) is 5.32 Å². The molecule has 1 aromatic rings. The highest BCUT2D eigenvalue weighted by Gasteiger charge is 2.00. The van der Waals surface area contributed by atoms with Crippen LogP contribution in [0.3, 0.4) is 0 Å². The van der Waals surface area contributed by atoms with Crippen molar-refractivity contribution in [3.05, 3.63) is 35.4 Å². The Hall–Kier alpha value is -1.35. The fourth-order valence-corrected chi connectivity index (χ4v) is 1.14. The topological polar surface area (TPSA) is 55.1 Å². The van der Waals surface area contributed by atoms with E-state index in [1.165, 1.54) is 0 Å². The molecule has 13 heavy (non-hydrogen) atoms. The van der Waals surface area contributed by atoms with Crippen LogP contribution in [0, 0.1) is 0 Å². The Labute approximate surface area is 77.9 Å². The minimum atomic E-state index is 0.0224. The van der Waals surface area contributed by atoms with Gasteiger partial charge in [-0.3, -0.25) is 4.79 Å². The van der Waals surface area contributed by atoms with E-state index in [0.717, 1.165) is 11.1 Å². The van der Waals surface area contributed by atoms with E-state index < -0.39 is 0 Å². The molecule has 0 fully saturated rings. The molecule has 3 nitrogen and oxygen atoms in total. The molecule has 0 radical (unpaired) electrons. The van der Waals surface area contributed by atoms with Crippen molar-refractivity contribution in [1.29, 1.82) is 0 Å². The number of carbonyl (C=O) groups excluding carboxylic acids is 1. The maximum Gasteiger partial charge on any atom is 0.224 e. The Morgan fingerprint density at radius 2 is 2.15 bits per heavy atom. The molecule has 0 spiro atoms. The van der Waals surface area contributed by atoms with E-state index in [2.05, 4.69) is 5.32 Å². The van der Waals surface area contributed by atoms with Gasteiger partial charge in [0, 0.05) is 13.6 Å². The van der Waals surface area contributed by atoms with E-state index in [4.69, 9.17) is 5.73 Å². The smallest absolute Gasteiger partial charge is 0.224 e. The lowest BCUT2D eigenvalue weighted by Crippen LogP contribution is -2.19. The van der Waals surface area contributed by atoms with E-state index >= 15 is 0 Å². The molecule has 0 aliphatic rings. The second kappa shape index (κ2) is 4.62. The molecule has 0 saturated carbocycles. The summed E-state index contributed by atoms with van der Waals surface area (Å²) < 4.78 is 0. The van der Waals surface area contributed by atoms with Crippen LogP contribution >= 0.6 is 0 Å². The minimum absolute atomic E-state index is 0.0224. The molecule has 0 unspecified atom stereocenters. The van der Waals surface area contributed by atoms with E-state index in [9.17, 15) is 4.79 Å². The first kappa shape index (κ1) is 9.74. The van der Waals surface area contributed by atoms with Crippen LogP contribution in [0.15, 0.2) is 24.3 Å². The van der Waals surface area contributed by atoms with Crippen LogP contribution in [0.4, 0.5) is 0 Å². The molecule has 0 aliphatic heterocycles. The Morgan fingerprint density at radius 1 is 1.46 bits per heavy atom. The highest BCUT2D eigenvalue weighted by molar-refractivity contribution is 5.78. The lowest BCUT2D eigenvalue weighted by Gasteiger charge is -2.02. The van der Waals surface area contributed by atoms with E-state index in [0.29, 0.717) is 13.0 Å². The van der Waals surface area contributed by atoms with Gasteiger partial charge in [-0.1, -0.05) is 24.3 Å². The summed E-state index contributed by atoms with van der Waals surface area (Å²) in [7, 11) is 1.63. The molecule has 70 valence electrons. The number of amides is 1. The van der Waals surface area contributed by atoms with Gasteiger partial charge in [-0.15, -0.1) is 0 Å². The maximum absolute atomic E-state index is 11.0. The van der Waals surface area contributed by atoms with Crippen LogP contribution in [0.5, 0.6) is 0 Å². The first-order valence-electron chi connectivity index (χ1n) is 4.24. The second-order valence-corrected chi connectivity index (χ2v) is 2.87. The first-order chi connectivity index (χ1) is 6.26. The van der Waals surface area contributed by atoms with Gasteiger partial charge < -0.3 is 11.1 Å². The zero-order valence-corrected chi connectivity index (χ0v) is 7.71. The number of nitrogens with two attached hydrogens (primary N) is 1. The fourth-order valence-electron chi connectivity index (χ4n) is 1.14. The van der Waals surface area contributed by atoms with Crippen molar-refractivity contribution in [3.8, 4) is 0 Å². The molecule has 3 N–H and O–H groups in total. The number of benzene rings is 1. The number of likely N-dealkylation sites (N-methyl/N-ethyl adjacent to an activating group) is 1. The average molecular weight is 178 g/mol. The molecular formula is C10H14N2O. The summed E-state index contributed by atoms with van der Waals surface area (Å²) >= 11 is 0. The summed E-state index contributed by atoms with van der Waals surface area (Å²) in [5.41, 5.74) is 7.54. The molecular weight excluding hydrogens is 164 g/mol. The predicted molar refractivity (Wildman–Crippen MR) is 52.1 cm³/mol. The molecule has 0 bridgehead atoms. The molecule has 0 saturated heterocycles. The molecule has 0 atom stereocenters. The number of hydrogen-bond donors (Lipinski definition) is 2. The predicted octanol–water partition coefficient (Wildman–Crippen LogP) is 0.434. The Kier molecular flexibility index (Phi) is 3.46. The lowest BCUT2D eigenvalue weighted by atomic mass is 10.1. The summed E-state index contributed by atoms with van der Waals surface area (Å²) in [5, 5.41) is 2.58. The van der Waals surface area contributed by atoms with Crippen LogP contribution in [0.1, 0.15) is 11.1 Å². The van der Waals surface area contributed by atoms with Crippen molar-refractivity contribution in [2.24, 2.45) is 5.73 Å². The van der Waals surface area contributed by atoms with Crippen molar-refractivity contribution < 1.29 is 4.79 Å². The van der Waals surface area contributed by atoms with Crippen LogP contribution in [0.25, 0.3) is 0 Å². The highest BCUT2D eigenvalue weighted by atomic mass is 16.1. The number of hydrogen-bond acceptors (Lipinski definition) is 2. The summed E-state index contributed by atoms with van der Waals surface area (Å²) in [6.45, 7) is 0.515. The van der Waals surface area contributed by atoms with Gasteiger partial charge in [-0.2, -0.15) is 0 Å². The SMILES string of the molecule is CNC(=O)Cc1cccc(CN)c1. The summed E-state index contributed by atoms with van der Waals surface area (Å²) in [6, 6.07) is 7.75. The third-order valence-corrected chi connectivity index (χ3v) is 1.87. The summed E-state index contributed by atoms with van der Waals surface area (Å²) in [4.78, 5) is 11.0. The molecule has 0 aliphatic carbocycles. The average Bonchev–Trinajstić information content (AvgIpc) is 2.18. The Balaban J connectivity index is 2.71. The normalized spacial score (nSPS) is 9.69. The van der Waals surface area contributed by atoms with Gasteiger partial charge in [0.15, 0.2) is 0 Å². The number of rotatable bonds is 3. The van der Waals surface area contributed by atoms with Crippen molar-refractivity contribution in [2.45, 2.75) is 13.0 Å². The molecule has 0 aromatic heterocycles. The van der Waals surface area contributed by atoms with Crippen molar-refractivity contribution in [3.63, 3.8) is 0 Å². The number of nitrogens with one attached hydrogen (secondary N) is 1. The van der Waals surface area contributed by atoms with Gasteiger partial charge in [0.25, 0.3) is 0 Å². The molecule has 3 heteroatoms. The van der Waals surface area contributed by atoms with Crippen LogP contribution in [-0.2, 0) is 17.8 Å². The van der Waals surface area contributed by atoms with Crippen molar-refractivity contribution >= 4 is 5.91 Å². The molecule has 1 aromatic carbocycles. The largest absolute Gasteiger partial charge is 0.359 e. The zero-order valence-electron chi connectivity index (χ0n) is 7.71. The fraction of sp³-hybridized carbons (Fsp3) is 0.300. The highest BCUT2D eigenvalue weighted by Crippen LogP contribution is 2.04. The molecule has 0 heterocycles. The third kappa shape index (κ3) is 2.87. The number of carbonyl (C=O) groups is 1. The van der Waals surface area contributed by atoms with E-state index in [-0.39, 0.29) is 5.91 Å². The second-order valence-electron chi connectivity index (χ2n) is 2.87. The van der Waals surface area contributed by atoms with Gasteiger partial charge in [0.1, 0.15) is 0 Å². The minimum Gasteiger partial charge on any atom is -0.359 e. The Morgan fingerprint density at radius 3 is 2.77 bits per heavy atom. The van der Waals surface area contributed by atoms with Crippen molar-refractivity contribution in [2.75, 3.05) is 7.05 Å². The van der Waals surface area contributed by atoms with E-state index in [1.807, 2.05) is 24.3 Å². The van der Waals surface area contributed by atoms with Crippen LogP contribution in [-0.4, -0.2) is 13.0 Å². The Bertz CT molecular complexity index is 297. The first-order valence-corrected chi connectivity index (χ1v) is 4.24. The van der Waals surface area contributed by atoms with Gasteiger partial charge in [-0.05, 0) is 11.1 Å². The maximum atomic E-state index is 11.0. The van der Waals surface area contributed by atoms with Gasteiger partial charge in [0.2, 0.25) is 5.91 Å². The van der Waals surface area contributed by atoms with E-state index in [1.54, 1.807) is 7.05 Å². The van der Waals surface area contributed by atoms with Gasteiger partial charge in [0.05, 0.1) is 6.42 Å². The van der Waals surface area contributed by atoms with Crippen LogP contribution in [0.2, 0.25) is 0 Å². The van der Waals surface area contributed by atoms with Gasteiger partial charge in [-0.25, -0.2) is 0 Å². The zero-order chi connectivity index (χ0) is 9.68. The van der Waals surface area contributed by atoms with Gasteiger partial charge >= 0.3 is 0 Å². The van der Waals surface area contributed by atoms with Crippen LogP contribution < -0.4 is 11.1 Å². The molecule has 1 amide bonds.